The van der Waals surface area contributed by atoms with Crippen LogP contribution in [0.2, 0.25) is 0 Å². The molecular weight excluding hydrogens is 510 g/mol. The Morgan fingerprint density at radius 1 is 0.632 bits per heavy atom. The molecule has 0 aliphatic carbocycles. The average molecular weight is 543 g/mol. The summed E-state index contributed by atoms with van der Waals surface area (Å²) in [5.41, 5.74) is 5.24. The summed E-state index contributed by atoms with van der Waals surface area (Å²) in [5.74, 6) is 0. The van der Waals surface area contributed by atoms with E-state index in [4.69, 9.17) is 4.31 Å². The number of benzene rings is 4. The Bertz CT molecular complexity index is 1510. The minimum Gasteiger partial charge on any atom is -0.286 e. The molecule has 4 rings (SSSR count). The molecule has 0 fully saturated rings. The fraction of sp³-hybridized carbons (Fsp3) is 0.188. The molecule has 0 aliphatic rings. The highest BCUT2D eigenvalue weighted by molar-refractivity contribution is 7.92. The van der Waals surface area contributed by atoms with Gasteiger partial charge in [-0.1, -0.05) is 83.9 Å². The van der Waals surface area contributed by atoms with Crippen molar-refractivity contribution in [3.05, 3.63) is 129 Å². The van der Waals surface area contributed by atoms with Gasteiger partial charge < -0.3 is 0 Å². The Morgan fingerprint density at radius 2 is 1.05 bits per heavy atom. The summed E-state index contributed by atoms with van der Waals surface area (Å²) in [6.07, 6.45) is 0. The fourth-order valence-corrected chi connectivity index (χ4v) is 9.94. The highest BCUT2D eigenvalue weighted by atomic mass is 31.2. The third-order valence-electron chi connectivity index (χ3n) is 6.52. The van der Waals surface area contributed by atoms with Gasteiger partial charge in [-0.15, -0.1) is 0 Å². The van der Waals surface area contributed by atoms with Crippen molar-refractivity contribution in [2.45, 2.75) is 41.5 Å². The zero-order chi connectivity index (χ0) is 27.6. The number of hydrogen-bond donors (Lipinski definition) is 0. The van der Waals surface area contributed by atoms with Gasteiger partial charge in [0.15, 0.2) is 0 Å². The highest BCUT2D eigenvalue weighted by Gasteiger charge is 2.43. The molecule has 0 aliphatic heterocycles. The molecule has 0 N–H and O–H groups in total. The van der Waals surface area contributed by atoms with Crippen LogP contribution in [0, 0.1) is 41.5 Å². The number of carbonyl (C=O) groups is 2. The van der Waals surface area contributed by atoms with E-state index in [0.717, 1.165) is 33.4 Å². The lowest BCUT2D eigenvalue weighted by atomic mass is 10.0. The molecule has 194 valence electrons. The Kier molecular flexibility index (Phi) is 8.28. The molecule has 4 aromatic rings. The number of rotatable bonds is 8. The van der Waals surface area contributed by atoms with Gasteiger partial charge in [0.2, 0.25) is 5.52 Å². The van der Waals surface area contributed by atoms with Crippen LogP contribution in [0.1, 0.15) is 54.1 Å². The molecule has 6 heteroatoms. The molecule has 0 spiro atoms. The van der Waals surface area contributed by atoms with Crippen molar-refractivity contribution in [3.8, 4) is 0 Å². The number of aryl methyl sites for hydroxylation is 6. The van der Waals surface area contributed by atoms with Gasteiger partial charge in [0, 0.05) is 21.7 Å². The molecule has 4 aromatic carbocycles. The van der Waals surface area contributed by atoms with E-state index in [1.807, 2.05) is 84.0 Å². The summed E-state index contributed by atoms with van der Waals surface area (Å²) in [6, 6.07) is 25.3. The van der Waals surface area contributed by atoms with Crippen LogP contribution in [0.15, 0.2) is 84.9 Å². The lowest BCUT2D eigenvalue weighted by molar-refractivity contribution is 0.106. The van der Waals surface area contributed by atoms with Crippen molar-refractivity contribution in [1.82, 2.24) is 0 Å². The average Bonchev–Trinajstić information content (AvgIpc) is 2.86. The van der Waals surface area contributed by atoms with Crippen molar-refractivity contribution in [2.24, 2.45) is 0 Å². The summed E-state index contributed by atoms with van der Waals surface area (Å²) >= 11 is 0. The van der Waals surface area contributed by atoms with Crippen molar-refractivity contribution in [3.63, 3.8) is 0 Å². The summed E-state index contributed by atoms with van der Waals surface area (Å²) in [6.45, 7) is 11.4. The van der Waals surface area contributed by atoms with Gasteiger partial charge in [0.1, 0.15) is 8.15 Å². The van der Waals surface area contributed by atoms with Crippen molar-refractivity contribution < 1.29 is 18.5 Å². The summed E-state index contributed by atoms with van der Waals surface area (Å²) in [4.78, 5) is 28.5. The second kappa shape index (κ2) is 11.3. The second-order valence-corrected chi connectivity index (χ2v) is 13.9. The van der Waals surface area contributed by atoms with Crippen LogP contribution in [-0.4, -0.2) is 11.0 Å². The molecular formula is C32H32O4P2. The quantitative estimate of drug-likeness (QED) is 0.213. The van der Waals surface area contributed by atoms with Crippen LogP contribution in [0.4, 0.5) is 0 Å². The van der Waals surface area contributed by atoms with Crippen molar-refractivity contribution >= 4 is 37.2 Å². The maximum atomic E-state index is 14.9. The zero-order valence-electron chi connectivity index (χ0n) is 22.6. The first kappa shape index (κ1) is 27.9. The second-order valence-electron chi connectivity index (χ2n) is 9.76. The Hall–Kier alpha value is -3.16. The van der Waals surface area contributed by atoms with Gasteiger partial charge >= 0.3 is 7.37 Å². The van der Waals surface area contributed by atoms with Crippen LogP contribution >= 0.6 is 15.5 Å². The minimum atomic E-state index is -4.22. The first-order valence-electron chi connectivity index (χ1n) is 12.5. The smallest absolute Gasteiger partial charge is 0.286 e. The summed E-state index contributed by atoms with van der Waals surface area (Å²) in [5, 5.41) is 0.881. The predicted molar refractivity (Wildman–Crippen MR) is 158 cm³/mol. The standard InChI is InChI=1S/C32H32O4P2/c1-21-17-23(3)29(24(4)18-21)31(33)37(27-13-9-7-10-14-27)36-38(35,28-15-11-8-12-16-28)32(34)30-25(5)19-22(2)20-26(30)6/h7-20H,1-6H3. The van der Waals surface area contributed by atoms with Crippen LogP contribution in [0.5, 0.6) is 0 Å². The van der Waals surface area contributed by atoms with Crippen LogP contribution < -0.4 is 10.6 Å². The largest absolute Gasteiger partial charge is 0.304 e. The van der Waals surface area contributed by atoms with Crippen LogP contribution in [0.3, 0.4) is 0 Å². The van der Waals surface area contributed by atoms with Gasteiger partial charge in [0.25, 0.3) is 5.52 Å². The van der Waals surface area contributed by atoms with Gasteiger partial charge in [0.05, 0.1) is 0 Å². The minimum absolute atomic E-state index is 0.262. The van der Waals surface area contributed by atoms with Gasteiger partial charge in [-0.25, -0.2) is 0 Å². The Labute approximate surface area is 226 Å². The van der Waals surface area contributed by atoms with E-state index in [1.165, 1.54) is 0 Å². The molecule has 0 aromatic heterocycles. The highest BCUT2D eigenvalue weighted by Crippen LogP contribution is 2.61. The summed E-state index contributed by atoms with van der Waals surface area (Å²) in [7, 11) is -6.34. The molecule has 0 saturated carbocycles. The molecule has 0 bridgehead atoms. The molecule has 38 heavy (non-hydrogen) atoms. The SMILES string of the molecule is Cc1cc(C)c(C(=O)P(OP(=O)(C(=O)c2c(C)cc(C)cc2C)c2ccccc2)c2ccccc2)c(C)c1. The third-order valence-corrected chi connectivity index (χ3v) is 11.2. The van der Waals surface area contributed by atoms with E-state index < -0.39 is 21.0 Å². The zero-order valence-corrected chi connectivity index (χ0v) is 24.4. The molecule has 0 radical (unpaired) electrons. The van der Waals surface area contributed by atoms with E-state index in [9.17, 15) is 14.2 Å². The van der Waals surface area contributed by atoms with Crippen LogP contribution in [0.25, 0.3) is 0 Å². The Morgan fingerprint density at radius 3 is 1.53 bits per heavy atom. The third kappa shape index (κ3) is 5.49. The summed E-state index contributed by atoms with van der Waals surface area (Å²) < 4.78 is 21.4. The lowest BCUT2D eigenvalue weighted by Gasteiger charge is -2.26. The van der Waals surface area contributed by atoms with Crippen molar-refractivity contribution in [2.75, 3.05) is 0 Å². The first-order chi connectivity index (χ1) is 18.0. The molecule has 0 saturated heterocycles. The van der Waals surface area contributed by atoms with Crippen LogP contribution in [-0.2, 0) is 8.88 Å². The monoisotopic (exact) mass is 542 g/mol. The van der Waals surface area contributed by atoms with E-state index in [-0.39, 0.29) is 10.8 Å². The van der Waals surface area contributed by atoms with E-state index in [1.54, 1.807) is 42.5 Å². The number of hydrogen-bond acceptors (Lipinski definition) is 4. The maximum absolute atomic E-state index is 14.9. The molecule has 4 nitrogen and oxygen atoms in total. The molecule has 2 atom stereocenters. The maximum Gasteiger partial charge on any atom is 0.304 e. The van der Waals surface area contributed by atoms with E-state index in [0.29, 0.717) is 16.4 Å². The van der Waals surface area contributed by atoms with Crippen molar-refractivity contribution in [1.29, 1.82) is 0 Å². The molecule has 0 amide bonds. The van der Waals surface area contributed by atoms with Gasteiger partial charge in [-0.3, -0.25) is 18.5 Å². The lowest BCUT2D eigenvalue weighted by Crippen LogP contribution is -2.20. The van der Waals surface area contributed by atoms with Gasteiger partial charge in [-0.05, 0) is 75.9 Å². The molecule has 0 heterocycles. The van der Waals surface area contributed by atoms with Gasteiger partial charge in [-0.2, -0.15) is 0 Å². The normalized spacial score (nSPS) is 13.5. The first-order valence-corrected chi connectivity index (χ1v) is 15.4. The Balaban J connectivity index is 1.92. The predicted octanol–water partition coefficient (Wildman–Crippen LogP) is 7.86. The van der Waals surface area contributed by atoms with E-state index in [2.05, 4.69) is 0 Å². The van der Waals surface area contributed by atoms with E-state index >= 15 is 0 Å². The number of carbonyl (C=O) groups excluding carboxylic acids is 2. The fourth-order valence-electron chi connectivity index (χ4n) is 4.99. The molecule has 2 unspecified atom stereocenters. The topological polar surface area (TPSA) is 60.4 Å².